The molecule has 2 bridgehead atoms. The minimum Gasteiger partial charge on any atom is -0.310 e. The van der Waals surface area contributed by atoms with Gasteiger partial charge in [-0.05, 0) is 30.1 Å². The molecule has 0 aromatic heterocycles. The second-order valence-electron chi connectivity index (χ2n) is 5.54. The summed E-state index contributed by atoms with van der Waals surface area (Å²) in [7, 11) is 0. The molecule has 1 N–H and O–H groups in total. The third kappa shape index (κ3) is 0.834. The summed E-state index contributed by atoms with van der Waals surface area (Å²) in [5, 5.41) is 3.73. The maximum absolute atomic E-state index is 3.73. The van der Waals surface area contributed by atoms with Crippen LogP contribution in [-0.4, -0.2) is 12.1 Å². The summed E-state index contributed by atoms with van der Waals surface area (Å²) >= 11 is 0. The molecular weight excluding hydrogens is 146 g/mol. The maximum Gasteiger partial charge on any atom is 0.0216 e. The van der Waals surface area contributed by atoms with Crippen molar-refractivity contribution >= 4 is 0 Å². The van der Waals surface area contributed by atoms with Gasteiger partial charge in [0.25, 0.3) is 0 Å². The molecule has 70 valence electrons. The van der Waals surface area contributed by atoms with Crippen LogP contribution in [0, 0.1) is 17.3 Å². The molecule has 1 aliphatic carbocycles. The average molecular weight is 167 g/mol. The Morgan fingerprint density at radius 2 is 1.58 bits per heavy atom. The van der Waals surface area contributed by atoms with Crippen molar-refractivity contribution in [3.05, 3.63) is 0 Å². The Morgan fingerprint density at radius 3 is 1.83 bits per heavy atom. The summed E-state index contributed by atoms with van der Waals surface area (Å²) in [6, 6.07) is 0. The van der Waals surface area contributed by atoms with Crippen LogP contribution >= 0.6 is 0 Å². The number of hydrogen-bond donors (Lipinski definition) is 1. The van der Waals surface area contributed by atoms with Crippen molar-refractivity contribution in [1.29, 1.82) is 0 Å². The first-order chi connectivity index (χ1) is 5.51. The van der Waals surface area contributed by atoms with Gasteiger partial charge in [-0.25, -0.2) is 0 Å². The number of fused-ring (bicyclic) bond motifs is 1. The first-order valence-corrected chi connectivity index (χ1v) is 5.26. The fourth-order valence-electron chi connectivity index (χ4n) is 3.03. The molecule has 12 heavy (non-hydrogen) atoms. The van der Waals surface area contributed by atoms with Crippen LogP contribution in [0.4, 0.5) is 0 Å². The van der Waals surface area contributed by atoms with E-state index in [1.165, 1.54) is 19.4 Å². The van der Waals surface area contributed by atoms with Gasteiger partial charge in [-0.3, -0.25) is 0 Å². The Balaban J connectivity index is 2.10. The van der Waals surface area contributed by atoms with Crippen LogP contribution in [0.15, 0.2) is 0 Å². The highest BCUT2D eigenvalue weighted by Gasteiger charge is 2.62. The Labute approximate surface area is 75.9 Å². The summed E-state index contributed by atoms with van der Waals surface area (Å²) in [5.74, 6) is 1.67. The van der Waals surface area contributed by atoms with Crippen molar-refractivity contribution in [2.75, 3.05) is 6.54 Å². The first kappa shape index (κ1) is 8.55. The van der Waals surface area contributed by atoms with Gasteiger partial charge < -0.3 is 5.32 Å². The topological polar surface area (TPSA) is 12.0 Å². The van der Waals surface area contributed by atoms with Crippen LogP contribution in [0.25, 0.3) is 0 Å². The molecule has 2 heterocycles. The fourth-order valence-corrected chi connectivity index (χ4v) is 3.03. The zero-order valence-corrected chi connectivity index (χ0v) is 8.78. The van der Waals surface area contributed by atoms with Gasteiger partial charge in [-0.1, -0.05) is 27.7 Å². The van der Waals surface area contributed by atoms with E-state index in [0.717, 1.165) is 11.8 Å². The average Bonchev–Trinajstić information content (AvgIpc) is 2.37. The van der Waals surface area contributed by atoms with Crippen molar-refractivity contribution in [1.82, 2.24) is 5.32 Å². The van der Waals surface area contributed by atoms with Crippen LogP contribution in [-0.2, 0) is 0 Å². The third-order valence-electron chi connectivity index (χ3n) is 4.46. The largest absolute Gasteiger partial charge is 0.310 e. The van der Waals surface area contributed by atoms with E-state index in [-0.39, 0.29) is 0 Å². The highest BCUT2D eigenvalue weighted by molar-refractivity contribution is 5.18. The van der Waals surface area contributed by atoms with E-state index in [0.29, 0.717) is 11.0 Å². The number of hydrogen-bond acceptors (Lipinski definition) is 1. The summed E-state index contributed by atoms with van der Waals surface area (Å²) in [5.41, 5.74) is 1.20. The molecule has 1 heteroatoms. The molecule has 0 spiro atoms. The molecule has 3 aliphatic rings. The Hall–Kier alpha value is -0.0400. The van der Waals surface area contributed by atoms with Crippen molar-refractivity contribution in [3.63, 3.8) is 0 Å². The quantitative estimate of drug-likeness (QED) is 0.666. The van der Waals surface area contributed by atoms with Crippen molar-refractivity contribution in [2.45, 2.75) is 46.1 Å². The molecule has 2 saturated heterocycles. The molecule has 3 rings (SSSR count). The second-order valence-corrected chi connectivity index (χ2v) is 5.54. The van der Waals surface area contributed by atoms with Crippen LogP contribution < -0.4 is 5.32 Å². The smallest absolute Gasteiger partial charge is 0.0216 e. The molecule has 3 fully saturated rings. The van der Waals surface area contributed by atoms with Gasteiger partial charge in [0.15, 0.2) is 0 Å². The van der Waals surface area contributed by atoms with E-state index >= 15 is 0 Å². The molecule has 1 nitrogen and oxygen atoms in total. The zero-order chi connectivity index (χ0) is 8.98. The van der Waals surface area contributed by atoms with E-state index in [9.17, 15) is 0 Å². The van der Waals surface area contributed by atoms with E-state index in [1.54, 1.807) is 0 Å². The molecule has 0 atom stereocenters. The summed E-state index contributed by atoms with van der Waals surface area (Å²) in [6.45, 7) is 10.7. The first-order valence-electron chi connectivity index (χ1n) is 5.26. The van der Waals surface area contributed by atoms with Gasteiger partial charge in [0.1, 0.15) is 0 Å². The number of rotatable bonds is 2. The zero-order valence-electron chi connectivity index (χ0n) is 8.78. The van der Waals surface area contributed by atoms with Crippen molar-refractivity contribution < 1.29 is 0 Å². The van der Waals surface area contributed by atoms with Crippen molar-refractivity contribution in [3.8, 4) is 0 Å². The maximum atomic E-state index is 3.73. The second kappa shape index (κ2) is 2.25. The van der Waals surface area contributed by atoms with Gasteiger partial charge in [-0.15, -0.1) is 0 Å². The lowest BCUT2D eigenvalue weighted by Crippen LogP contribution is -2.53. The lowest BCUT2D eigenvalue weighted by molar-refractivity contribution is 0.0335. The van der Waals surface area contributed by atoms with Gasteiger partial charge in [0.05, 0.1) is 0 Å². The van der Waals surface area contributed by atoms with Crippen LogP contribution in [0.2, 0.25) is 0 Å². The van der Waals surface area contributed by atoms with E-state index in [2.05, 4.69) is 33.0 Å². The highest BCUT2D eigenvalue weighted by atomic mass is 15.1. The standard InChI is InChI=1S/C11H21N/c1-8(2)10-5-11(6-10,9(3)4)12-7-10/h8-9,12H,5-7H2,1-4H3. The monoisotopic (exact) mass is 167 g/mol. The van der Waals surface area contributed by atoms with Gasteiger partial charge in [-0.2, -0.15) is 0 Å². The third-order valence-corrected chi connectivity index (χ3v) is 4.46. The molecule has 0 aromatic carbocycles. The Bertz CT molecular complexity index is 167. The minimum absolute atomic E-state index is 0.532. The Morgan fingerprint density at radius 1 is 1.00 bits per heavy atom. The Kier molecular flexibility index (Phi) is 1.61. The molecular formula is C11H21N. The van der Waals surface area contributed by atoms with Crippen LogP contribution in [0.1, 0.15) is 40.5 Å². The predicted octanol–water partition coefficient (Wildman–Crippen LogP) is 2.42. The van der Waals surface area contributed by atoms with Crippen molar-refractivity contribution in [2.24, 2.45) is 17.3 Å². The van der Waals surface area contributed by atoms with Gasteiger partial charge in [0, 0.05) is 12.1 Å². The molecule has 0 unspecified atom stereocenters. The lowest BCUT2D eigenvalue weighted by atomic mass is 9.54. The van der Waals surface area contributed by atoms with Gasteiger partial charge in [0.2, 0.25) is 0 Å². The predicted molar refractivity (Wildman–Crippen MR) is 52.1 cm³/mol. The fraction of sp³-hybridized carbons (Fsp3) is 1.00. The summed E-state index contributed by atoms with van der Waals surface area (Å²) in [4.78, 5) is 0. The minimum atomic E-state index is 0.532. The van der Waals surface area contributed by atoms with Gasteiger partial charge >= 0.3 is 0 Å². The SMILES string of the molecule is CC(C)C12CNC(C(C)C)(C1)C2. The van der Waals surface area contributed by atoms with E-state index < -0.39 is 0 Å². The summed E-state index contributed by atoms with van der Waals surface area (Å²) in [6.07, 6.45) is 2.85. The lowest BCUT2D eigenvalue weighted by Gasteiger charge is -2.51. The van der Waals surface area contributed by atoms with Crippen LogP contribution in [0.5, 0.6) is 0 Å². The normalized spacial score (nSPS) is 45.5. The van der Waals surface area contributed by atoms with E-state index in [4.69, 9.17) is 0 Å². The van der Waals surface area contributed by atoms with Crippen LogP contribution in [0.3, 0.4) is 0 Å². The number of nitrogens with one attached hydrogen (secondary N) is 1. The molecule has 0 amide bonds. The molecule has 2 aliphatic heterocycles. The molecule has 0 radical (unpaired) electrons. The summed E-state index contributed by atoms with van der Waals surface area (Å²) < 4.78 is 0. The molecule has 0 aromatic rings. The molecule has 1 saturated carbocycles. The van der Waals surface area contributed by atoms with E-state index in [1.807, 2.05) is 0 Å². The highest BCUT2D eigenvalue weighted by Crippen LogP contribution is 2.60.